The van der Waals surface area contributed by atoms with Crippen molar-refractivity contribution in [2.75, 3.05) is 24.9 Å². The molecule has 8 nitrogen and oxygen atoms in total. The maximum atomic E-state index is 14.3. The molecule has 1 saturated carbocycles. The Morgan fingerprint density at radius 2 is 1.53 bits per heavy atom. The average Bonchev–Trinajstić information content (AvgIpc) is 3.49. The third kappa shape index (κ3) is 8.26. The molecule has 0 radical (unpaired) electrons. The van der Waals surface area contributed by atoms with Gasteiger partial charge in [0.15, 0.2) is 0 Å². The first-order valence-corrected chi connectivity index (χ1v) is 16.1. The summed E-state index contributed by atoms with van der Waals surface area (Å²) in [5, 5.41) is 3.71. The van der Waals surface area contributed by atoms with Crippen LogP contribution < -0.4 is 9.62 Å². The van der Waals surface area contributed by atoms with E-state index < -0.39 is 34.5 Å². The number of hydrogen-bond donors (Lipinski definition) is 1. The number of halogens is 3. The van der Waals surface area contributed by atoms with Crippen molar-refractivity contribution < 1.29 is 22.4 Å². The number of nitrogens with one attached hydrogen (secondary N) is 1. The molecule has 2 amide bonds. The second kappa shape index (κ2) is 14.5. The molecule has 1 aliphatic rings. The molecular weight excluding hydrogens is 614 g/mol. The Balaban J connectivity index is 1.78. The van der Waals surface area contributed by atoms with Gasteiger partial charge in [0.2, 0.25) is 11.8 Å². The lowest BCUT2D eigenvalue weighted by atomic mass is 10.0. The van der Waals surface area contributed by atoms with E-state index in [0.29, 0.717) is 15.6 Å². The lowest BCUT2D eigenvalue weighted by Gasteiger charge is -2.35. The Kier molecular flexibility index (Phi) is 11.1. The van der Waals surface area contributed by atoms with Crippen LogP contribution in [0.3, 0.4) is 0 Å². The fourth-order valence-corrected chi connectivity index (χ4v) is 6.67. The summed E-state index contributed by atoms with van der Waals surface area (Å²) in [7, 11) is -1.53. The smallest absolute Gasteiger partial charge is 0.304 e. The molecule has 230 valence electrons. The molecule has 0 aliphatic heterocycles. The second-order valence-corrected chi connectivity index (χ2v) is 13.6. The minimum absolute atomic E-state index is 0.0172. The Hall–Kier alpha value is -3.18. The van der Waals surface area contributed by atoms with E-state index in [2.05, 4.69) is 5.32 Å². The summed E-state index contributed by atoms with van der Waals surface area (Å²) in [5.74, 6) is -1.57. The zero-order chi connectivity index (χ0) is 31.1. The van der Waals surface area contributed by atoms with Crippen LogP contribution in [0.4, 0.5) is 10.1 Å². The maximum absolute atomic E-state index is 14.3. The fourth-order valence-electron chi connectivity index (χ4n) is 5.10. The molecule has 0 bridgehead atoms. The highest BCUT2D eigenvalue weighted by molar-refractivity contribution is 7.90. The Morgan fingerprint density at radius 1 is 0.930 bits per heavy atom. The van der Waals surface area contributed by atoms with Crippen LogP contribution in [0.5, 0.6) is 0 Å². The highest BCUT2D eigenvalue weighted by Crippen LogP contribution is 2.29. The van der Waals surface area contributed by atoms with Gasteiger partial charge in [-0.2, -0.15) is 12.7 Å². The molecule has 3 aromatic rings. The topological polar surface area (TPSA) is 90.0 Å². The normalized spacial score (nSPS) is 14.5. The molecular formula is C31H35Cl2FN4O4S. The summed E-state index contributed by atoms with van der Waals surface area (Å²) in [6.45, 7) is -0.803. The van der Waals surface area contributed by atoms with Gasteiger partial charge in [-0.1, -0.05) is 72.4 Å². The average molecular weight is 650 g/mol. The van der Waals surface area contributed by atoms with Gasteiger partial charge >= 0.3 is 10.2 Å². The van der Waals surface area contributed by atoms with Gasteiger partial charge in [-0.15, -0.1) is 0 Å². The van der Waals surface area contributed by atoms with Gasteiger partial charge in [0.05, 0.1) is 5.69 Å². The van der Waals surface area contributed by atoms with Crippen molar-refractivity contribution >= 4 is 50.9 Å². The second-order valence-electron chi connectivity index (χ2n) is 10.7. The third-order valence-corrected chi connectivity index (χ3v) is 10.0. The molecule has 1 atom stereocenters. The molecule has 3 aromatic carbocycles. The van der Waals surface area contributed by atoms with Gasteiger partial charge in [-0.25, -0.2) is 8.70 Å². The summed E-state index contributed by atoms with van der Waals surface area (Å²) in [5.41, 5.74) is 1.33. The van der Waals surface area contributed by atoms with Crippen molar-refractivity contribution in [2.45, 2.75) is 50.7 Å². The molecule has 4 rings (SSSR count). The number of carbonyl (C=O) groups excluding carboxylic acids is 2. The number of amides is 2. The van der Waals surface area contributed by atoms with E-state index in [1.807, 2.05) is 30.3 Å². The standard InChI is InChI=1S/C31H35Cl2FN4O4S/c1-36(2)43(41,42)38(25-17-15-23(34)16-18-25)21-30(39)37(20-26-27(32)13-8-14-28(26)33)29(19-22-9-4-3-5-10-22)31(40)35-24-11-6-7-12-24/h3-5,8-10,13-18,24,29H,6-7,11-12,19-21H2,1-2H3,(H,35,40). The molecule has 0 spiro atoms. The van der Waals surface area contributed by atoms with E-state index in [4.69, 9.17) is 23.2 Å². The van der Waals surface area contributed by atoms with Crippen molar-refractivity contribution in [3.63, 3.8) is 0 Å². The van der Waals surface area contributed by atoms with Crippen LogP contribution in [0.2, 0.25) is 10.0 Å². The number of anilines is 1. The molecule has 1 fully saturated rings. The van der Waals surface area contributed by atoms with Crippen LogP contribution in [-0.2, 0) is 32.8 Å². The molecule has 43 heavy (non-hydrogen) atoms. The minimum atomic E-state index is -4.20. The van der Waals surface area contributed by atoms with Gasteiger partial charge < -0.3 is 10.2 Å². The first-order chi connectivity index (χ1) is 20.5. The van der Waals surface area contributed by atoms with Crippen LogP contribution in [0.1, 0.15) is 36.8 Å². The summed E-state index contributed by atoms with van der Waals surface area (Å²) in [6, 6.07) is 18.0. The number of carbonyl (C=O) groups is 2. The van der Waals surface area contributed by atoms with Crippen LogP contribution in [-0.4, -0.2) is 62.2 Å². The van der Waals surface area contributed by atoms with Crippen molar-refractivity contribution in [1.29, 1.82) is 0 Å². The van der Waals surface area contributed by atoms with Crippen molar-refractivity contribution in [3.05, 3.63) is 99.8 Å². The SMILES string of the molecule is CN(C)S(=O)(=O)N(CC(=O)N(Cc1c(Cl)cccc1Cl)C(Cc1ccccc1)C(=O)NC1CCCC1)c1ccc(F)cc1. The van der Waals surface area contributed by atoms with E-state index >= 15 is 0 Å². The van der Waals surface area contributed by atoms with Gasteiger partial charge in [0.25, 0.3) is 0 Å². The largest absolute Gasteiger partial charge is 0.352 e. The van der Waals surface area contributed by atoms with E-state index in [1.54, 1.807) is 18.2 Å². The van der Waals surface area contributed by atoms with Gasteiger partial charge in [0, 0.05) is 48.7 Å². The highest BCUT2D eigenvalue weighted by Gasteiger charge is 2.36. The van der Waals surface area contributed by atoms with E-state index in [0.717, 1.165) is 52.0 Å². The molecule has 0 aromatic heterocycles. The lowest BCUT2D eigenvalue weighted by Crippen LogP contribution is -2.55. The van der Waals surface area contributed by atoms with Gasteiger partial charge in [-0.05, 0) is 54.8 Å². The van der Waals surface area contributed by atoms with Crippen molar-refractivity contribution in [3.8, 4) is 0 Å². The van der Waals surface area contributed by atoms with Crippen molar-refractivity contribution in [2.24, 2.45) is 0 Å². The van der Waals surface area contributed by atoms with Gasteiger partial charge in [-0.3, -0.25) is 9.59 Å². The van der Waals surface area contributed by atoms with Crippen LogP contribution in [0, 0.1) is 5.82 Å². The summed E-state index contributed by atoms with van der Waals surface area (Å²) in [4.78, 5) is 29.6. The Morgan fingerprint density at radius 3 is 2.12 bits per heavy atom. The quantitative estimate of drug-likeness (QED) is 0.283. The highest BCUT2D eigenvalue weighted by atomic mass is 35.5. The van der Waals surface area contributed by atoms with Crippen LogP contribution >= 0.6 is 23.2 Å². The molecule has 12 heteroatoms. The van der Waals surface area contributed by atoms with E-state index in [9.17, 15) is 22.4 Å². The fraction of sp³-hybridized carbons (Fsp3) is 0.355. The first kappa shape index (κ1) is 32.7. The van der Waals surface area contributed by atoms with E-state index in [1.165, 1.54) is 31.1 Å². The van der Waals surface area contributed by atoms with Crippen LogP contribution in [0.25, 0.3) is 0 Å². The summed E-state index contributed by atoms with van der Waals surface area (Å²) in [6.07, 6.45) is 3.85. The number of nitrogens with zero attached hydrogens (tertiary/aromatic N) is 3. The molecule has 1 unspecified atom stereocenters. The minimum Gasteiger partial charge on any atom is -0.352 e. The predicted octanol–water partition coefficient (Wildman–Crippen LogP) is 5.44. The number of hydrogen-bond acceptors (Lipinski definition) is 4. The Bertz CT molecular complexity index is 1500. The predicted molar refractivity (Wildman–Crippen MR) is 168 cm³/mol. The molecule has 0 heterocycles. The van der Waals surface area contributed by atoms with E-state index in [-0.39, 0.29) is 30.6 Å². The number of rotatable bonds is 12. The summed E-state index contributed by atoms with van der Waals surface area (Å²) < 4.78 is 42.5. The van der Waals surface area contributed by atoms with Crippen molar-refractivity contribution in [1.82, 2.24) is 14.5 Å². The van der Waals surface area contributed by atoms with Gasteiger partial charge in [0.1, 0.15) is 18.4 Å². The maximum Gasteiger partial charge on any atom is 0.304 e. The third-order valence-electron chi connectivity index (χ3n) is 7.50. The lowest BCUT2D eigenvalue weighted by molar-refractivity contribution is -0.140. The molecule has 1 N–H and O–H groups in total. The van der Waals surface area contributed by atoms with Crippen LogP contribution in [0.15, 0.2) is 72.8 Å². The monoisotopic (exact) mass is 648 g/mol. The zero-order valence-corrected chi connectivity index (χ0v) is 26.4. The number of benzene rings is 3. The molecule has 1 aliphatic carbocycles. The molecule has 0 saturated heterocycles. The first-order valence-electron chi connectivity index (χ1n) is 14.0. The summed E-state index contributed by atoms with van der Waals surface area (Å²) >= 11 is 13.0. The Labute approximate surface area is 262 Å². The zero-order valence-electron chi connectivity index (χ0n) is 24.0.